The van der Waals surface area contributed by atoms with Gasteiger partial charge in [0.2, 0.25) is 0 Å². The van der Waals surface area contributed by atoms with Crippen LogP contribution in [0.15, 0.2) is 91.5 Å². The van der Waals surface area contributed by atoms with Crippen molar-refractivity contribution >= 4 is 29.1 Å². The van der Waals surface area contributed by atoms with Crippen LogP contribution in [0.3, 0.4) is 0 Å². The molecular formula is C31H37N5O3. The second-order valence-corrected chi connectivity index (χ2v) is 9.80. The lowest BCUT2D eigenvalue weighted by atomic mass is 10.0. The maximum absolute atomic E-state index is 13.4. The largest absolute Gasteiger partial charge is 0.468 e. The predicted molar refractivity (Wildman–Crippen MR) is 156 cm³/mol. The molecule has 204 valence electrons. The molecule has 0 spiro atoms. The summed E-state index contributed by atoms with van der Waals surface area (Å²) in [4.78, 5) is 32.0. The van der Waals surface area contributed by atoms with Crippen LogP contribution in [0.1, 0.15) is 31.0 Å². The number of rotatable bonds is 8. The summed E-state index contributed by atoms with van der Waals surface area (Å²) in [5.41, 5.74) is 4.01. The van der Waals surface area contributed by atoms with Gasteiger partial charge in [-0.1, -0.05) is 67.2 Å². The zero-order chi connectivity index (χ0) is 27.9. The summed E-state index contributed by atoms with van der Waals surface area (Å²) >= 11 is 0. The fraction of sp³-hybridized carbons (Fsp3) is 0.290. The number of benzene rings is 3. The lowest BCUT2D eigenvalue weighted by Gasteiger charge is -2.39. The van der Waals surface area contributed by atoms with Crippen molar-refractivity contribution in [3.8, 4) is 0 Å². The Morgan fingerprint density at radius 2 is 1.44 bits per heavy atom. The monoisotopic (exact) mass is 527 g/mol. The average Bonchev–Trinajstić information content (AvgIpc) is 2.98. The van der Waals surface area contributed by atoms with Gasteiger partial charge in [-0.3, -0.25) is 9.80 Å². The number of methoxy groups -OCH3 is 1. The Morgan fingerprint density at radius 1 is 0.872 bits per heavy atom. The van der Waals surface area contributed by atoms with Gasteiger partial charge in [0.25, 0.3) is 0 Å². The van der Waals surface area contributed by atoms with Crippen LogP contribution in [-0.2, 0) is 9.53 Å². The van der Waals surface area contributed by atoms with Crippen molar-refractivity contribution in [1.29, 1.82) is 0 Å². The Balaban J connectivity index is 1.42. The van der Waals surface area contributed by atoms with Gasteiger partial charge in [0.1, 0.15) is 6.04 Å². The maximum atomic E-state index is 13.4. The minimum absolute atomic E-state index is 0.128. The van der Waals surface area contributed by atoms with Gasteiger partial charge in [-0.05, 0) is 49.2 Å². The zero-order valence-electron chi connectivity index (χ0n) is 22.9. The molecule has 0 saturated carbocycles. The molecule has 3 aromatic carbocycles. The minimum Gasteiger partial charge on any atom is -0.468 e. The highest BCUT2D eigenvalue weighted by Crippen LogP contribution is 2.28. The molecule has 0 aromatic heterocycles. The first-order valence-corrected chi connectivity index (χ1v) is 13.2. The first-order chi connectivity index (χ1) is 18.8. The van der Waals surface area contributed by atoms with Crippen LogP contribution in [0.25, 0.3) is 5.70 Å². The van der Waals surface area contributed by atoms with Gasteiger partial charge in [0.05, 0.1) is 12.8 Å². The summed E-state index contributed by atoms with van der Waals surface area (Å²) < 4.78 is 5.11. The van der Waals surface area contributed by atoms with Gasteiger partial charge in [0, 0.05) is 43.6 Å². The lowest BCUT2D eigenvalue weighted by Crippen LogP contribution is -2.49. The molecule has 1 heterocycles. The number of esters is 1. The number of hydrogen-bond acceptors (Lipinski definition) is 6. The molecular weight excluding hydrogens is 490 g/mol. The number of urea groups is 1. The molecule has 1 aliphatic rings. The molecule has 3 aromatic rings. The number of nitrogens with two attached hydrogens (primary N) is 1. The minimum atomic E-state index is -0.424. The van der Waals surface area contributed by atoms with E-state index >= 15 is 0 Å². The van der Waals surface area contributed by atoms with Crippen molar-refractivity contribution in [2.45, 2.75) is 25.9 Å². The standard InChI is InChI=1S/C31H37N5O3/c1-23(2)35(24(3)25-11-7-5-8-12-25)31(38)36(32)28-17-15-27(16-18-28)33-19-21-34(22-20-33)29(30(37)39-4)26-13-9-6-10-14-26/h5-18,23,29H,3,19-22,32H2,1-2,4H3. The third kappa shape index (κ3) is 6.30. The van der Waals surface area contributed by atoms with Gasteiger partial charge in [0.15, 0.2) is 0 Å². The lowest BCUT2D eigenvalue weighted by molar-refractivity contribution is -0.147. The topological polar surface area (TPSA) is 82.4 Å². The molecule has 39 heavy (non-hydrogen) atoms. The Bertz CT molecular complexity index is 1260. The number of amides is 2. The number of carbonyl (C=O) groups excluding carboxylic acids is 2. The summed E-state index contributed by atoms with van der Waals surface area (Å²) in [5, 5.41) is 1.16. The molecule has 2 N–H and O–H groups in total. The fourth-order valence-electron chi connectivity index (χ4n) is 4.95. The van der Waals surface area contributed by atoms with Crippen molar-refractivity contribution in [3.05, 3.63) is 103 Å². The van der Waals surface area contributed by atoms with Crippen molar-refractivity contribution < 1.29 is 14.3 Å². The molecule has 2 amide bonds. The first kappa shape index (κ1) is 27.9. The summed E-state index contributed by atoms with van der Waals surface area (Å²) in [7, 11) is 1.43. The van der Waals surface area contributed by atoms with Gasteiger partial charge < -0.3 is 9.64 Å². The van der Waals surface area contributed by atoms with E-state index in [4.69, 9.17) is 10.6 Å². The van der Waals surface area contributed by atoms with E-state index in [9.17, 15) is 9.59 Å². The fourth-order valence-corrected chi connectivity index (χ4v) is 4.95. The quantitative estimate of drug-likeness (QED) is 0.194. The van der Waals surface area contributed by atoms with E-state index in [2.05, 4.69) is 16.4 Å². The van der Waals surface area contributed by atoms with Crippen molar-refractivity contribution in [1.82, 2.24) is 9.80 Å². The van der Waals surface area contributed by atoms with E-state index in [1.165, 1.54) is 7.11 Å². The van der Waals surface area contributed by atoms with Gasteiger partial charge in [-0.2, -0.15) is 0 Å². The zero-order valence-corrected chi connectivity index (χ0v) is 22.9. The molecule has 8 heteroatoms. The van der Waals surface area contributed by atoms with Gasteiger partial charge in [-0.25, -0.2) is 20.4 Å². The van der Waals surface area contributed by atoms with Gasteiger partial charge >= 0.3 is 12.0 Å². The normalized spacial score (nSPS) is 14.5. The molecule has 8 nitrogen and oxygen atoms in total. The van der Waals surface area contributed by atoms with Crippen LogP contribution in [0.4, 0.5) is 16.2 Å². The van der Waals surface area contributed by atoms with Crippen LogP contribution >= 0.6 is 0 Å². The Labute approximate surface area is 230 Å². The number of ether oxygens (including phenoxy) is 1. The van der Waals surface area contributed by atoms with Crippen LogP contribution in [0, 0.1) is 0 Å². The molecule has 0 radical (unpaired) electrons. The number of piperazine rings is 1. The number of anilines is 2. The van der Waals surface area contributed by atoms with E-state index < -0.39 is 6.04 Å². The van der Waals surface area contributed by atoms with E-state index in [0.29, 0.717) is 24.5 Å². The summed E-state index contributed by atoms with van der Waals surface area (Å²) in [6.07, 6.45) is 0. The van der Waals surface area contributed by atoms with Crippen LogP contribution in [0.5, 0.6) is 0 Å². The molecule has 1 fully saturated rings. The van der Waals surface area contributed by atoms with Crippen molar-refractivity contribution in [2.24, 2.45) is 5.84 Å². The Kier molecular flexibility index (Phi) is 9.01. The molecule has 4 rings (SSSR count). The third-order valence-corrected chi connectivity index (χ3v) is 7.04. The highest BCUT2D eigenvalue weighted by molar-refractivity contribution is 5.96. The van der Waals surface area contributed by atoms with Crippen molar-refractivity contribution in [2.75, 3.05) is 43.2 Å². The van der Waals surface area contributed by atoms with Gasteiger partial charge in [-0.15, -0.1) is 0 Å². The highest BCUT2D eigenvalue weighted by atomic mass is 16.5. The second-order valence-electron chi connectivity index (χ2n) is 9.80. The SMILES string of the molecule is C=C(c1ccccc1)N(C(=O)N(N)c1ccc(N2CCN(C(C(=O)OC)c3ccccc3)CC2)cc1)C(C)C. The number of hydrogen-bond donors (Lipinski definition) is 1. The van der Waals surface area contributed by atoms with E-state index in [1.54, 1.807) is 4.90 Å². The Hall–Kier alpha value is -4.14. The van der Waals surface area contributed by atoms with Crippen LogP contribution in [-0.4, -0.2) is 61.1 Å². The predicted octanol–water partition coefficient (Wildman–Crippen LogP) is 4.90. The molecule has 0 aliphatic carbocycles. The molecule has 1 saturated heterocycles. The smallest absolute Gasteiger partial charge is 0.343 e. The van der Waals surface area contributed by atoms with E-state index in [0.717, 1.165) is 34.9 Å². The average molecular weight is 528 g/mol. The highest BCUT2D eigenvalue weighted by Gasteiger charge is 2.31. The molecule has 1 atom stereocenters. The van der Waals surface area contributed by atoms with E-state index in [-0.39, 0.29) is 18.0 Å². The number of hydrazine groups is 1. The third-order valence-electron chi connectivity index (χ3n) is 7.04. The van der Waals surface area contributed by atoms with Crippen molar-refractivity contribution in [3.63, 3.8) is 0 Å². The number of carbonyl (C=O) groups is 2. The summed E-state index contributed by atoms with van der Waals surface area (Å²) in [6, 6.07) is 26.1. The molecule has 0 bridgehead atoms. The summed E-state index contributed by atoms with van der Waals surface area (Å²) in [5.74, 6) is 6.05. The van der Waals surface area contributed by atoms with E-state index in [1.807, 2.05) is 98.8 Å². The van der Waals surface area contributed by atoms with Crippen LogP contribution < -0.4 is 15.8 Å². The summed E-state index contributed by atoms with van der Waals surface area (Å²) in [6.45, 7) is 11.0. The maximum Gasteiger partial charge on any atom is 0.343 e. The Morgan fingerprint density at radius 3 is 1.97 bits per heavy atom. The first-order valence-electron chi connectivity index (χ1n) is 13.2. The van der Waals surface area contributed by atoms with Crippen LogP contribution in [0.2, 0.25) is 0 Å². The molecule has 1 unspecified atom stereocenters. The molecule has 1 aliphatic heterocycles. The second kappa shape index (κ2) is 12.6. The number of nitrogens with zero attached hydrogens (tertiary/aromatic N) is 4.